The van der Waals surface area contributed by atoms with E-state index < -0.39 is 0 Å². The number of nitrogens with zero attached hydrogens (tertiary/aromatic N) is 3. The third-order valence-electron chi connectivity index (χ3n) is 3.44. The van der Waals surface area contributed by atoms with Gasteiger partial charge in [0.05, 0.1) is 11.4 Å². The molecule has 0 aliphatic carbocycles. The molecule has 3 aromatic rings. The molecule has 23 heavy (non-hydrogen) atoms. The van der Waals surface area contributed by atoms with Gasteiger partial charge < -0.3 is 0 Å². The van der Waals surface area contributed by atoms with E-state index in [1.54, 1.807) is 0 Å². The van der Waals surface area contributed by atoms with E-state index in [0.29, 0.717) is 11.6 Å². The Hall–Kier alpha value is -3.01. The molecule has 0 spiro atoms. The van der Waals surface area contributed by atoms with Crippen LogP contribution in [-0.2, 0) is 0 Å². The minimum Gasteiger partial charge on any atom is -0.261 e. The summed E-state index contributed by atoms with van der Waals surface area (Å²) in [5.41, 5.74) is 6.96. The van der Waals surface area contributed by atoms with Gasteiger partial charge in [0.25, 0.3) is 0 Å². The molecule has 0 bridgehead atoms. The van der Waals surface area contributed by atoms with Gasteiger partial charge in [0.1, 0.15) is 11.6 Å². The quantitative estimate of drug-likeness (QED) is 0.578. The average Bonchev–Trinajstić information content (AvgIpc) is 2.61. The van der Waals surface area contributed by atoms with Crippen molar-refractivity contribution in [2.45, 2.75) is 13.8 Å². The van der Waals surface area contributed by atoms with Crippen molar-refractivity contribution in [3.05, 3.63) is 78.1 Å². The molecule has 0 atom stereocenters. The Morgan fingerprint density at radius 2 is 1.57 bits per heavy atom. The van der Waals surface area contributed by atoms with Gasteiger partial charge in [-0.1, -0.05) is 60.7 Å². The van der Waals surface area contributed by atoms with Crippen LogP contribution in [0.1, 0.15) is 18.3 Å². The van der Waals surface area contributed by atoms with Crippen LogP contribution in [0, 0.1) is 6.92 Å². The second-order valence-electron chi connectivity index (χ2n) is 5.23. The van der Waals surface area contributed by atoms with Gasteiger partial charge in [-0.15, -0.1) is 0 Å². The number of hydrazone groups is 1. The Balaban J connectivity index is 1.85. The molecule has 2 aromatic carbocycles. The van der Waals surface area contributed by atoms with Crippen LogP contribution >= 0.6 is 0 Å². The Labute approximate surface area is 135 Å². The molecule has 0 saturated carbocycles. The normalized spacial score (nSPS) is 11.3. The van der Waals surface area contributed by atoms with E-state index >= 15 is 0 Å². The second kappa shape index (κ2) is 6.83. The summed E-state index contributed by atoms with van der Waals surface area (Å²) >= 11 is 0. The van der Waals surface area contributed by atoms with E-state index in [4.69, 9.17) is 0 Å². The highest BCUT2D eigenvalue weighted by Crippen LogP contribution is 2.19. The average molecular weight is 302 g/mol. The third kappa shape index (κ3) is 3.80. The zero-order valence-electron chi connectivity index (χ0n) is 13.2. The summed E-state index contributed by atoms with van der Waals surface area (Å²) in [4.78, 5) is 8.89. The van der Waals surface area contributed by atoms with E-state index in [1.165, 1.54) is 0 Å². The van der Waals surface area contributed by atoms with Gasteiger partial charge in [0.2, 0.25) is 0 Å². The molecule has 0 aliphatic heterocycles. The SMILES string of the molecule is CC(=NNc1cc(-c2ccccc2)nc(C)n1)c1ccccc1. The van der Waals surface area contributed by atoms with Crippen molar-refractivity contribution in [1.29, 1.82) is 0 Å². The predicted molar refractivity (Wildman–Crippen MR) is 94.5 cm³/mol. The summed E-state index contributed by atoms with van der Waals surface area (Å²) in [6.07, 6.45) is 0. The fourth-order valence-corrected chi connectivity index (χ4v) is 2.27. The molecular formula is C19H18N4. The summed E-state index contributed by atoms with van der Waals surface area (Å²) in [5.74, 6) is 1.40. The van der Waals surface area contributed by atoms with Crippen molar-refractivity contribution in [2.24, 2.45) is 5.10 Å². The lowest BCUT2D eigenvalue weighted by molar-refractivity contribution is 1.05. The van der Waals surface area contributed by atoms with Gasteiger partial charge in [-0.3, -0.25) is 5.43 Å². The zero-order chi connectivity index (χ0) is 16.1. The molecule has 4 nitrogen and oxygen atoms in total. The molecule has 0 saturated heterocycles. The number of hydrogen-bond acceptors (Lipinski definition) is 4. The fourth-order valence-electron chi connectivity index (χ4n) is 2.27. The largest absolute Gasteiger partial charge is 0.261 e. The van der Waals surface area contributed by atoms with Crippen molar-refractivity contribution >= 4 is 11.5 Å². The summed E-state index contributed by atoms with van der Waals surface area (Å²) < 4.78 is 0. The summed E-state index contributed by atoms with van der Waals surface area (Å²) in [6.45, 7) is 3.85. The smallest absolute Gasteiger partial charge is 0.150 e. The third-order valence-corrected chi connectivity index (χ3v) is 3.44. The maximum atomic E-state index is 4.49. The van der Waals surface area contributed by atoms with Crippen molar-refractivity contribution in [3.63, 3.8) is 0 Å². The number of rotatable bonds is 4. The Morgan fingerprint density at radius 3 is 2.26 bits per heavy atom. The van der Waals surface area contributed by atoms with Gasteiger partial charge in [-0.05, 0) is 19.4 Å². The fraction of sp³-hybridized carbons (Fsp3) is 0.105. The first-order valence-electron chi connectivity index (χ1n) is 7.49. The predicted octanol–water partition coefficient (Wildman–Crippen LogP) is 4.29. The van der Waals surface area contributed by atoms with Crippen LogP contribution in [-0.4, -0.2) is 15.7 Å². The van der Waals surface area contributed by atoms with Crippen LogP contribution in [0.4, 0.5) is 5.82 Å². The lowest BCUT2D eigenvalue weighted by Crippen LogP contribution is -2.02. The van der Waals surface area contributed by atoms with Gasteiger partial charge >= 0.3 is 0 Å². The van der Waals surface area contributed by atoms with E-state index in [-0.39, 0.29) is 0 Å². The Bertz CT molecular complexity index is 811. The van der Waals surface area contributed by atoms with Crippen LogP contribution in [0.3, 0.4) is 0 Å². The number of benzene rings is 2. The van der Waals surface area contributed by atoms with Crippen LogP contribution in [0.25, 0.3) is 11.3 Å². The van der Waals surface area contributed by atoms with E-state index in [2.05, 4.69) is 20.5 Å². The minimum atomic E-state index is 0.687. The van der Waals surface area contributed by atoms with E-state index in [0.717, 1.165) is 22.5 Å². The van der Waals surface area contributed by atoms with E-state index in [1.807, 2.05) is 80.6 Å². The number of nitrogens with one attached hydrogen (secondary N) is 1. The number of aryl methyl sites for hydroxylation is 1. The Morgan fingerprint density at radius 1 is 0.913 bits per heavy atom. The summed E-state index contributed by atoms with van der Waals surface area (Å²) in [6, 6.07) is 22.0. The van der Waals surface area contributed by atoms with Crippen LogP contribution in [0.2, 0.25) is 0 Å². The monoisotopic (exact) mass is 302 g/mol. The van der Waals surface area contributed by atoms with Crippen molar-refractivity contribution in [3.8, 4) is 11.3 Å². The zero-order valence-corrected chi connectivity index (χ0v) is 13.2. The molecule has 114 valence electrons. The number of hydrogen-bond donors (Lipinski definition) is 1. The lowest BCUT2D eigenvalue weighted by atomic mass is 10.1. The van der Waals surface area contributed by atoms with Crippen molar-refractivity contribution < 1.29 is 0 Å². The summed E-state index contributed by atoms with van der Waals surface area (Å²) in [5, 5.41) is 4.42. The highest BCUT2D eigenvalue weighted by molar-refractivity contribution is 5.98. The van der Waals surface area contributed by atoms with Gasteiger partial charge in [-0.2, -0.15) is 5.10 Å². The maximum absolute atomic E-state index is 4.49. The molecule has 4 heteroatoms. The van der Waals surface area contributed by atoms with Gasteiger partial charge in [0.15, 0.2) is 0 Å². The van der Waals surface area contributed by atoms with Gasteiger partial charge in [0, 0.05) is 11.6 Å². The van der Waals surface area contributed by atoms with Crippen LogP contribution in [0.5, 0.6) is 0 Å². The lowest BCUT2D eigenvalue weighted by Gasteiger charge is -2.07. The Kier molecular flexibility index (Phi) is 4.43. The molecule has 1 heterocycles. The molecule has 1 aromatic heterocycles. The van der Waals surface area contributed by atoms with Crippen molar-refractivity contribution in [2.75, 3.05) is 5.43 Å². The van der Waals surface area contributed by atoms with Gasteiger partial charge in [-0.25, -0.2) is 9.97 Å². The number of anilines is 1. The topological polar surface area (TPSA) is 50.2 Å². The first-order chi connectivity index (χ1) is 11.2. The molecule has 0 unspecified atom stereocenters. The molecule has 0 radical (unpaired) electrons. The summed E-state index contributed by atoms with van der Waals surface area (Å²) in [7, 11) is 0. The molecule has 0 fully saturated rings. The first kappa shape index (κ1) is 14.9. The van der Waals surface area contributed by atoms with E-state index in [9.17, 15) is 0 Å². The molecule has 3 rings (SSSR count). The number of aromatic nitrogens is 2. The minimum absolute atomic E-state index is 0.687. The van der Waals surface area contributed by atoms with Crippen LogP contribution in [0.15, 0.2) is 71.8 Å². The standard InChI is InChI=1S/C19H18N4/c1-14(16-9-5-3-6-10-16)22-23-19-13-18(20-15(2)21-19)17-11-7-4-8-12-17/h3-13H,1-2H3,(H,20,21,23). The highest BCUT2D eigenvalue weighted by atomic mass is 15.3. The first-order valence-corrected chi connectivity index (χ1v) is 7.49. The van der Waals surface area contributed by atoms with Crippen molar-refractivity contribution in [1.82, 2.24) is 9.97 Å². The molecule has 0 amide bonds. The molecular weight excluding hydrogens is 284 g/mol. The maximum Gasteiger partial charge on any atom is 0.150 e. The second-order valence-corrected chi connectivity index (χ2v) is 5.23. The molecule has 0 aliphatic rings. The highest BCUT2D eigenvalue weighted by Gasteiger charge is 2.04. The van der Waals surface area contributed by atoms with Crippen LogP contribution < -0.4 is 5.43 Å². The molecule has 1 N–H and O–H groups in total.